The van der Waals surface area contributed by atoms with E-state index in [1.807, 2.05) is 12.1 Å². The van der Waals surface area contributed by atoms with Crippen LogP contribution < -0.4 is 0 Å². The van der Waals surface area contributed by atoms with Crippen molar-refractivity contribution in [3.05, 3.63) is 26.9 Å². The summed E-state index contributed by atoms with van der Waals surface area (Å²) in [4.78, 5) is 26.3. The SMILES string of the molecule is COC(=O)[C@H]1CN(C(=O)/C=C/c2ccc(Br)s2)CCS1. The Hall–Kier alpha value is -0.790. The van der Waals surface area contributed by atoms with Gasteiger partial charge in [-0.25, -0.2) is 0 Å². The van der Waals surface area contributed by atoms with E-state index in [9.17, 15) is 9.59 Å². The first-order valence-electron chi connectivity index (χ1n) is 6.02. The molecule has 0 N–H and O–H groups in total. The van der Waals surface area contributed by atoms with Crippen LogP contribution in [0.1, 0.15) is 4.88 Å². The smallest absolute Gasteiger partial charge is 0.320 e. The molecule has 2 heterocycles. The molecule has 0 unspecified atom stereocenters. The molecular weight excluding hydrogens is 362 g/mol. The Morgan fingerprint density at radius 1 is 1.50 bits per heavy atom. The average Bonchev–Trinajstić information content (AvgIpc) is 2.89. The molecule has 0 bridgehead atoms. The van der Waals surface area contributed by atoms with Crippen molar-refractivity contribution in [3.8, 4) is 0 Å². The minimum atomic E-state index is -0.276. The van der Waals surface area contributed by atoms with Gasteiger partial charge in [-0.3, -0.25) is 9.59 Å². The monoisotopic (exact) mass is 375 g/mol. The van der Waals surface area contributed by atoms with Gasteiger partial charge in [-0.05, 0) is 34.1 Å². The summed E-state index contributed by atoms with van der Waals surface area (Å²) in [5.41, 5.74) is 0. The lowest BCUT2D eigenvalue weighted by atomic mass is 10.3. The molecule has 1 fully saturated rings. The van der Waals surface area contributed by atoms with Crippen LogP contribution in [-0.4, -0.2) is 48.0 Å². The van der Waals surface area contributed by atoms with Crippen LogP contribution in [0.3, 0.4) is 0 Å². The van der Waals surface area contributed by atoms with Crippen LogP contribution in [0.5, 0.6) is 0 Å². The van der Waals surface area contributed by atoms with Gasteiger partial charge in [0.2, 0.25) is 5.91 Å². The van der Waals surface area contributed by atoms with Crippen molar-refractivity contribution in [2.45, 2.75) is 5.25 Å². The molecule has 7 heteroatoms. The molecule has 1 saturated heterocycles. The van der Waals surface area contributed by atoms with Crippen LogP contribution in [0.25, 0.3) is 6.08 Å². The van der Waals surface area contributed by atoms with Crippen molar-refractivity contribution >= 4 is 57.0 Å². The van der Waals surface area contributed by atoms with Crippen molar-refractivity contribution in [1.82, 2.24) is 4.90 Å². The maximum Gasteiger partial charge on any atom is 0.320 e. The highest BCUT2D eigenvalue weighted by Gasteiger charge is 2.28. The Bertz CT molecular complexity index is 529. The van der Waals surface area contributed by atoms with E-state index in [0.717, 1.165) is 14.4 Å². The number of nitrogens with zero attached hydrogens (tertiary/aromatic N) is 1. The normalized spacial score (nSPS) is 19.3. The summed E-state index contributed by atoms with van der Waals surface area (Å²) in [6, 6.07) is 3.89. The van der Waals surface area contributed by atoms with Crippen molar-refractivity contribution in [2.24, 2.45) is 0 Å². The number of hydrogen-bond donors (Lipinski definition) is 0. The first kappa shape index (κ1) is 15.6. The lowest BCUT2D eigenvalue weighted by Crippen LogP contribution is -2.44. The highest BCUT2D eigenvalue weighted by Crippen LogP contribution is 2.23. The number of amides is 1. The molecule has 1 atom stereocenters. The number of rotatable bonds is 3. The first-order chi connectivity index (χ1) is 9.60. The van der Waals surface area contributed by atoms with Crippen LogP contribution in [0.2, 0.25) is 0 Å². The minimum Gasteiger partial charge on any atom is -0.468 e. The summed E-state index contributed by atoms with van der Waals surface area (Å²) in [5.74, 6) is 0.423. The Morgan fingerprint density at radius 2 is 2.30 bits per heavy atom. The second-order valence-corrected chi connectivity index (χ2v) is 7.95. The van der Waals surface area contributed by atoms with Gasteiger partial charge in [0.25, 0.3) is 0 Å². The summed E-state index contributed by atoms with van der Waals surface area (Å²) in [6.07, 6.45) is 3.36. The topological polar surface area (TPSA) is 46.6 Å². The van der Waals surface area contributed by atoms with E-state index in [-0.39, 0.29) is 17.1 Å². The molecule has 0 aromatic carbocycles. The number of esters is 1. The fourth-order valence-electron chi connectivity index (χ4n) is 1.80. The van der Waals surface area contributed by atoms with Crippen molar-refractivity contribution in [3.63, 3.8) is 0 Å². The van der Waals surface area contributed by atoms with Gasteiger partial charge in [-0.1, -0.05) is 0 Å². The molecule has 20 heavy (non-hydrogen) atoms. The molecule has 108 valence electrons. The third-order valence-electron chi connectivity index (χ3n) is 2.83. The van der Waals surface area contributed by atoms with E-state index in [1.54, 1.807) is 28.4 Å². The highest BCUT2D eigenvalue weighted by atomic mass is 79.9. The summed E-state index contributed by atoms with van der Waals surface area (Å²) >= 11 is 6.49. The number of carbonyl (C=O) groups excluding carboxylic acids is 2. The van der Waals surface area contributed by atoms with Gasteiger partial charge in [-0.15, -0.1) is 23.1 Å². The van der Waals surface area contributed by atoms with Gasteiger partial charge in [0.15, 0.2) is 0 Å². The van der Waals surface area contributed by atoms with E-state index in [0.29, 0.717) is 13.1 Å². The molecule has 1 aromatic heterocycles. The Labute approximate surface area is 134 Å². The van der Waals surface area contributed by atoms with Gasteiger partial charge in [0.1, 0.15) is 5.25 Å². The fraction of sp³-hybridized carbons (Fsp3) is 0.385. The van der Waals surface area contributed by atoms with Crippen LogP contribution in [-0.2, 0) is 14.3 Å². The van der Waals surface area contributed by atoms with Gasteiger partial charge < -0.3 is 9.64 Å². The predicted octanol–water partition coefficient (Wildman–Crippen LogP) is 2.64. The third-order valence-corrected chi connectivity index (χ3v) is 5.58. The number of ether oxygens (including phenoxy) is 1. The van der Waals surface area contributed by atoms with Gasteiger partial charge >= 0.3 is 5.97 Å². The zero-order valence-corrected chi connectivity index (χ0v) is 14.1. The Morgan fingerprint density at radius 3 is 2.95 bits per heavy atom. The van der Waals surface area contributed by atoms with Gasteiger partial charge in [0, 0.05) is 29.8 Å². The quantitative estimate of drug-likeness (QED) is 0.601. The molecule has 0 radical (unpaired) electrons. The summed E-state index contributed by atoms with van der Waals surface area (Å²) in [5, 5.41) is -0.276. The van der Waals surface area contributed by atoms with Crippen LogP contribution in [0, 0.1) is 0 Å². The second-order valence-electron chi connectivity index (χ2n) is 4.14. The summed E-state index contributed by atoms with van der Waals surface area (Å²) < 4.78 is 5.76. The Kier molecular flexibility index (Phi) is 5.68. The Balaban J connectivity index is 1.95. The van der Waals surface area contributed by atoms with Crippen LogP contribution >= 0.6 is 39.0 Å². The van der Waals surface area contributed by atoms with E-state index < -0.39 is 0 Å². The molecule has 4 nitrogen and oxygen atoms in total. The number of halogens is 1. The zero-order valence-electron chi connectivity index (χ0n) is 10.9. The van der Waals surface area contributed by atoms with Crippen molar-refractivity contribution < 1.29 is 14.3 Å². The number of thioether (sulfide) groups is 1. The molecule has 2 rings (SSSR count). The molecule has 0 saturated carbocycles. The molecule has 1 amide bonds. The van der Waals surface area contributed by atoms with Crippen LogP contribution in [0.15, 0.2) is 22.0 Å². The summed E-state index contributed by atoms with van der Waals surface area (Å²) in [7, 11) is 1.37. The minimum absolute atomic E-state index is 0.0660. The maximum absolute atomic E-state index is 12.1. The molecule has 1 aliphatic rings. The summed E-state index contributed by atoms with van der Waals surface area (Å²) in [6.45, 7) is 1.07. The predicted molar refractivity (Wildman–Crippen MR) is 85.9 cm³/mol. The van der Waals surface area contributed by atoms with Gasteiger partial charge in [0.05, 0.1) is 10.9 Å². The fourth-order valence-corrected chi connectivity index (χ4v) is 4.25. The maximum atomic E-state index is 12.1. The van der Waals surface area contributed by atoms with E-state index in [4.69, 9.17) is 4.74 Å². The van der Waals surface area contributed by atoms with E-state index in [2.05, 4.69) is 15.9 Å². The van der Waals surface area contributed by atoms with Crippen LogP contribution in [0.4, 0.5) is 0 Å². The standard InChI is InChI=1S/C13H14BrNO3S2/c1-18-13(17)10-8-15(6-7-19-10)12(16)5-3-9-2-4-11(14)20-9/h2-5,10H,6-8H2,1H3/b5-3+/t10-/m1/s1. The number of methoxy groups -OCH3 is 1. The van der Waals surface area contributed by atoms with E-state index >= 15 is 0 Å². The zero-order chi connectivity index (χ0) is 14.5. The third kappa shape index (κ3) is 4.10. The van der Waals surface area contributed by atoms with Crippen molar-refractivity contribution in [2.75, 3.05) is 26.0 Å². The molecule has 0 aliphatic carbocycles. The number of thiophene rings is 1. The largest absolute Gasteiger partial charge is 0.468 e. The molecule has 1 aliphatic heterocycles. The lowest BCUT2D eigenvalue weighted by Gasteiger charge is -2.30. The molecule has 1 aromatic rings. The lowest BCUT2D eigenvalue weighted by molar-refractivity contribution is -0.140. The first-order valence-corrected chi connectivity index (χ1v) is 8.67. The number of carbonyl (C=O) groups is 2. The second kappa shape index (κ2) is 7.28. The number of hydrogen-bond acceptors (Lipinski definition) is 5. The highest BCUT2D eigenvalue weighted by molar-refractivity contribution is 9.11. The van der Waals surface area contributed by atoms with Gasteiger partial charge in [-0.2, -0.15) is 0 Å². The molecule has 0 spiro atoms. The average molecular weight is 376 g/mol. The van der Waals surface area contributed by atoms with E-state index in [1.165, 1.54) is 18.9 Å². The van der Waals surface area contributed by atoms with Crippen molar-refractivity contribution in [1.29, 1.82) is 0 Å². The molecular formula is C13H14BrNO3S2.